The zero-order valence-corrected chi connectivity index (χ0v) is 11.2. The van der Waals surface area contributed by atoms with Crippen molar-refractivity contribution in [2.24, 2.45) is 0 Å². The van der Waals surface area contributed by atoms with Crippen LogP contribution in [-0.4, -0.2) is 5.11 Å². The molecule has 1 heteroatoms. The van der Waals surface area contributed by atoms with Gasteiger partial charge < -0.3 is 5.11 Å². The Labute approximate surface area is 98.8 Å². The van der Waals surface area contributed by atoms with Crippen LogP contribution in [-0.2, 0) is 5.41 Å². The third-order valence-electron chi connectivity index (χ3n) is 2.54. The predicted octanol–water partition coefficient (Wildman–Crippen LogP) is 4.42. The van der Waals surface area contributed by atoms with Gasteiger partial charge in [0.2, 0.25) is 0 Å². The van der Waals surface area contributed by atoms with Crippen LogP contribution < -0.4 is 0 Å². The molecule has 16 heavy (non-hydrogen) atoms. The summed E-state index contributed by atoms with van der Waals surface area (Å²) in [5.74, 6) is 0.416. The maximum absolute atomic E-state index is 10.3. The van der Waals surface area contributed by atoms with E-state index in [2.05, 4.69) is 33.8 Å². The van der Waals surface area contributed by atoms with Crippen LogP contribution in [0.1, 0.15) is 51.3 Å². The molecular formula is C15H22O. The number of hydrogen-bond acceptors (Lipinski definition) is 1. The first-order valence-electron chi connectivity index (χ1n) is 5.71. The Bertz CT molecular complexity index is 416. The summed E-state index contributed by atoms with van der Waals surface area (Å²) in [6, 6.07) is 4.09. The number of aromatic hydroxyl groups is 1. The van der Waals surface area contributed by atoms with Crippen LogP contribution in [0.5, 0.6) is 5.75 Å². The molecule has 0 saturated heterocycles. The van der Waals surface area contributed by atoms with Crippen LogP contribution in [0.25, 0.3) is 6.08 Å². The Kier molecular flexibility index (Phi) is 3.47. The summed E-state index contributed by atoms with van der Waals surface area (Å²) in [6.45, 7) is 12.5. The lowest BCUT2D eigenvalue weighted by molar-refractivity contribution is 0.445. The van der Waals surface area contributed by atoms with Crippen molar-refractivity contribution in [3.05, 3.63) is 34.4 Å². The number of phenols is 1. The van der Waals surface area contributed by atoms with Crippen molar-refractivity contribution in [1.29, 1.82) is 0 Å². The summed E-state index contributed by atoms with van der Waals surface area (Å²) < 4.78 is 0. The third kappa shape index (κ3) is 2.88. The number of benzene rings is 1. The van der Waals surface area contributed by atoms with E-state index < -0.39 is 0 Å². The van der Waals surface area contributed by atoms with Crippen LogP contribution in [0.3, 0.4) is 0 Å². The summed E-state index contributed by atoms with van der Waals surface area (Å²) >= 11 is 0. The highest BCUT2D eigenvalue weighted by Gasteiger charge is 2.19. The lowest BCUT2D eigenvalue weighted by Crippen LogP contribution is -2.12. The fraction of sp³-hybridized carbons (Fsp3) is 0.467. The molecule has 0 amide bonds. The molecule has 1 nitrogen and oxygen atoms in total. The third-order valence-corrected chi connectivity index (χ3v) is 2.54. The van der Waals surface area contributed by atoms with E-state index in [1.165, 1.54) is 11.1 Å². The maximum atomic E-state index is 10.3. The molecule has 0 aliphatic heterocycles. The second-order valence-corrected chi connectivity index (χ2v) is 5.72. The SMILES string of the molecule is CC(C)=Cc1cc(C)cc(C(C)(C)C)c1O. The zero-order valence-electron chi connectivity index (χ0n) is 11.2. The van der Waals surface area contributed by atoms with Gasteiger partial charge in [-0.15, -0.1) is 0 Å². The number of allylic oxidation sites excluding steroid dienone is 1. The Morgan fingerprint density at radius 1 is 1.19 bits per heavy atom. The lowest BCUT2D eigenvalue weighted by Gasteiger charge is -2.22. The van der Waals surface area contributed by atoms with Gasteiger partial charge in [0, 0.05) is 11.1 Å². The van der Waals surface area contributed by atoms with Gasteiger partial charge in [-0.3, -0.25) is 0 Å². The number of aryl methyl sites for hydroxylation is 1. The van der Waals surface area contributed by atoms with Crippen molar-refractivity contribution in [3.8, 4) is 5.75 Å². The average Bonchev–Trinajstić information content (AvgIpc) is 2.07. The molecule has 0 spiro atoms. The normalized spacial score (nSPS) is 11.4. The standard InChI is InChI=1S/C15H22O/c1-10(2)7-12-8-11(3)9-13(14(12)16)15(4,5)6/h7-9,16H,1-6H3. The minimum atomic E-state index is -0.0274. The smallest absolute Gasteiger partial charge is 0.126 e. The van der Waals surface area contributed by atoms with Gasteiger partial charge in [-0.1, -0.05) is 38.5 Å². The van der Waals surface area contributed by atoms with E-state index in [1.807, 2.05) is 26.0 Å². The van der Waals surface area contributed by atoms with Crippen molar-refractivity contribution < 1.29 is 5.11 Å². The van der Waals surface area contributed by atoms with Gasteiger partial charge in [0.25, 0.3) is 0 Å². The van der Waals surface area contributed by atoms with Crippen molar-refractivity contribution in [3.63, 3.8) is 0 Å². The van der Waals surface area contributed by atoms with Gasteiger partial charge in [-0.25, -0.2) is 0 Å². The summed E-state index contributed by atoms with van der Waals surface area (Å²) in [6.07, 6.45) is 2.03. The lowest BCUT2D eigenvalue weighted by atomic mass is 9.84. The molecule has 0 aliphatic rings. The predicted molar refractivity (Wildman–Crippen MR) is 70.9 cm³/mol. The van der Waals surface area contributed by atoms with Crippen molar-refractivity contribution >= 4 is 6.08 Å². The van der Waals surface area contributed by atoms with Gasteiger partial charge in [-0.05, 0) is 37.8 Å². The minimum Gasteiger partial charge on any atom is -0.507 e. The van der Waals surface area contributed by atoms with Crippen molar-refractivity contribution in [1.82, 2.24) is 0 Å². The van der Waals surface area contributed by atoms with E-state index in [0.29, 0.717) is 5.75 Å². The summed E-state index contributed by atoms with van der Waals surface area (Å²) in [5, 5.41) is 10.3. The molecule has 0 fully saturated rings. The molecule has 1 rings (SSSR count). The molecule has 1 N–H and O–H groups in total. The maximum Gasteiger partial charge on any atom is 0.126 e. The Morgan fingerprint density at radius 2 is 1.75 bits per heavy atom. The van der Waals surface area contributed by atoms with E-state index in [-0.39, 0.29) is 5.41 Å². The molecule has 1 aromatic rings. The van der Waals surface area contributed by atoms with E-state index in [9.17, 15) is 5.11 Å². The van der Waals surface area contributed by atoms with E-state index in [1.54, 1.807) is 0 Å². The fourth-order valence-corrected chi connectivity index (χ4v) is 1.80. The van der Waals surface area contributed by atoms with Gasteiger partial charge in [0.1, 0.15) is 5.75 Å². The highest BCUT2D eigenvalue weighted by Crippen LogP contribution is 2.35. The Morgan fingerprint density at radius 3 is 2.19 bits per heavy atom. The second kappa shape index (κ2) is 4.32. The van der Waals surface area contributed by atoms with E-state index in [4.69, 9.17) is 0 Å². The molecule has 0 heterocycles. The molecular weight excluding hydrogens is 196 g/mol. The summed E-state index contributed by atoms with van der Waals surface area (Å²) in [4.78, 5) is 0. The molecule has 0 bridgehead atoms. The molecule has 0 aliphatic carbocycles. The first-order valence-corrected chi connectivity index (χ1v) is 5.71. The number of hydrogen-bond donors (Lipinski definition) is 1. The Balaban J connectivity index is 3.44. The van der Waals surface area contributed by atoms with Gasteiger partial charge >= 0.3 is 0 Å². The first kappa shape index (κ1) is 12.8. The molecule has 1 aromatic carbocycles. The molecule has 88 valence electrons. The Hall–Kier alpha value is -1.24. The van der Waals surface area contributed by atoms with E-state index >= 15 is 0 Å². The highest BCUT2D eigenvalue weighted by molar-refractivity contribution is 5.63. The highest BCUT2D eigenvalue weighted by atomic mass is 16.3. The van der Waals surface area contributed by atoms with E-state index in [0.717, 1.165) is 11.1 Å². The van der Waals surface area contributed by atoms with Crippen LogP contribution in [0.4, 0.5) is 0 Å². The van der Waals surface area contributed by atoms with Gasteiger partial charge in [-0.2, -0.15) is 0 Å². The molecule has 0 atom stereocenters. The average molecular weight is 218 g/mol. The quantitative estimate of drug-likeness (QED) is 0.739. The van der Waals surface area contributed by atoms with Crippen LogP contribution in [0.2, 0.25) is 0 Å². The first-order chi connectivity index (χ1) is 7.21. The summed E-state index contributed by atoms with van der Waals surface area (Å²) in [5.41, 5.74) is 4.29. The van der Waals surface area contributed by atoms with Crippen LogP contribution in [0.15, 0.2) is 17.7 Å². The minimum absolute atomic E-state index is 0.0274. The van der Waals surface area contributed by atoms with Crippen molar-refractivity contribution in [2.45, 2.75) is 47.0 Å². The largest absolute Gasteiger partial charge is 0.507 e. The topological polar surface area (TPSA) is 20.2 Å². The zero-order chi connectivity index (χ0) is 12.5. The van der Waals surface area contributed by atoms with Crippen LogP contribution >= 0.6 is 0 Å². The molecule has 0 unspecified atom stereocenters. The number of rotatable bonds is 1. The molecule has 0 saturated carbocycles. The summed E-state index contributed by atoms with van der Waals surface area (Å²) in [7, 11) is 0. The molecule has 0 aromatic heterocycles. The van der Waals surface area contributed by atoms with Gasteiger partial charge in [0.05, 0.1) is 0 Å². The van der Waals surface area contributed by atoms with Crippen LogP contribution in [0, 0.1) is 6.92 Å². The second-order valence-electron chi connectivity index (χ2n) is 5.72. The fourth-order valence-electron chi connectivity index (χ4n) is 1.80. The van der Waals surface area contributed by atoms with Gasteiger partial charge in [0.15, 0.2) is 0 Å². The van der Waals surface area contributed by atoms with Crippen molar-refractivity contribution in [2.75, 3.05) is 0 Å². The monoisotopic (exact) mass is 218 g/mol. The molecule has 0 radical (unpaired) electrons. The number of phenolic OH excluding ortho intramolecular Hbond substituents is 1.